The van der Waals surface area contributed by atoms with E-state index < -0.39 is 0 Å². The molecule has 78 valence electrons. The molecule has 0 aromatic rings. The van der Waals surface area contributed by atoms with Crippen LogP contribution < -0.4 is 5.32 Å². The average Bonchev–Trinajstić information content (AvgIpc) is 2.82. The van der Waals surface area contributed by atoms with E-state index in [4.69, 9.17) is 0 Å². The maximum absolute atomic E-state index is 3.31. The summed E-state index contributed by atoms with van der Waals surface area (Å²) >= 11 is 0. The zero-order chi connectivity index (χ0) is 9.73. The molecule has 1 aliphatic carbocycles. The van der Waals surface area contributed by atoms with Gasteiger partial charge >= 0.3 is 0 Å². The summed E-state index contributed by atoms with van der Waals surface area (Å²) in [7, 11) is 4.32. The third-order valence-corrected chi connectivity index (χ3v) is 3.01. The summed E-state index contributed by atoms with van der Waals surface area (Å²) in [6.07, 6.45) is 5.49. The van der Waals surface area contributed by atoms with Crippen molar-refractivity contribution in [3.63, 3.8) is 0 Å². The number of nitrogens with zero attached hydrogens (tertiary/aromatic N) is 1. The lowest BCUT2D eigenvalue weighted by Crippen LogP contribution is -2.33. The van der Waals surface area contributed by atoms with Crippen molar-refractivity contribution >= 4 is 0 Å². The largest absolute Gasteiger partial charge is 0.319 e. The lowest BCUT2D eigenvalue weighted by molar-refractivity contribution is 0.256. The van der Waals surface area contributed by atoms with Gasteiger partial charge < -0.3 is 10.2 Å². The van der Waals surface area contributed by atoms with Crippen LogP contribution in [0.15, 0.2) is 0 Å². The molecule has 2 heteroatoms. The number of hydrogen-bond acceptors (Lipinski definition) is 2. The van der Waals surface area contributed by atoms with Crippen LogP contribution in [0, 0.1) is 5.41 Å². The Morgan fingerprint density at radius 1 is 1.38 bits per heavy atom. The van der Waals surface area contributed by atoms with Crippen molar-refractivity contribution in [2.75, 3.05) is 33.7 Å². The summed E-state index contributed by atoms with van der Waals surface area (Å²) in [5.41, 5.74) is 0.636. The molecular weight excluding hydrogens is 160 g/mol. The van der Waals surface area contributed by atoms with E-state index in [1.165, 1.54) is 45.3 Å². The highest BCUT2D eigenvalue weighted by molar-refractivity contribution is 4.96. The Morgan fingerprint density at radius 3 is 2.54 bits per heavy atom. The number of unbranched alkanes of at least 4 members (excludes halogenated alkanes) is 1. The highest BCUT2D eigenvalue weighted by Crippen LogP contribution is 2.45. The first-order valence-corrected chi connectivity index (χ1v) is 5.55. The molecule has 0 amide bonds. The van der Waals surface area contributed by atoms with Crippen LogP contribution in [0.5, 0.6) is 0 Å². The van der Waals surface area contributed by atoms with E-state index in [1.807, 2.05) is 0 Å². The Labute approximate surface area is 82.7 Å². The van der Waals surface area contributed by atoms with Crippen LogP contribution in [0.2, 0.25) is 0 Å². The van der Waals surface area contributed by atoms with E-state index in [-0.39, 0.29) is 0 Å². The van der Waals surface area contributed by atoms with Gasteiger partial charge in [0.1, 0.15) is 0 Å². The molecular formula is C11H24N2. The molecule has 1 aliphatic rings. The average molecular weight is 184 g/mol. The standard InChI is InChI=1S/C11H24N2/c1-4-5-8-13(3)10-11(6-7-11)9-12-2/h12H,4-10H2,1-3H3. The molecule has 0 radical (unpaired) electrons. The Kier molecular flexibility index (Phi) is 4.20. The molecule has 0 aromatic carbocycles. The summed E-state index contributed by atoms with van der Waals surface area (Å²) in [5, 5.41) is 3.31. The van der Waals surface area contributed by atoms with Crippen molar-refractivity contribution in [3.8, 4) is 0 Å². The molecule has 1 N–H and O–H groups in total. The summed E-state index contributed by atoms with van der Waals surface area (Å²) < 4.78 is 0. The maximum atomic E-state index is 3.31. The van der Waals surface area contributed by atoms with Crippen LogP contribution in [-0.4, -0.2) is 38.6 Å². The van der Waals surface area contributed by atoms with E-state index in [0.29, 0.717) is 5.41 Å². The van der Waals surface area contributed by atoms with E-state index in [0.717, 1.165) is 0 Å². The van der Waals surface area contributed by atoms with Gasteiger partial charge in [0.25, 0.3) is 0 Å². The minimum Gasteiger partial charge on any atom is -0.319 e. The molecule has 1 fully saturated rings. The van der Waals surface area contributed by atoms with Gasteiger partial charge in [-0.3, -0.25) is 0 Å². The van der Waals surface area contributed by atoms with E-state index in [9.17, 15) is 0 Å². The Bertz CT molecular complexity index is 141. The quantitative estimate of drug-likeness (QED) is 0.648. The number of nitrogens with one attached hydrogen (secondary N) is 1. The van der Waals surface area contributed by atoms with Crippen LogP contribution in [0.4, 0.5) is 0 Å². The van der Waals surface area contributed by atoms with Gasteiger partial charge in [0.15, 0.2) is 0 Å². The first kappa shape index (κ1) is 11.0. The summed E-state index contributed by atoms with van der Waals surface area (Å²) in [6, 6.07) is 0. The van der Waals surface area contributed by atoms with Gasteiger partial charge in [-0.25, -0.2) is 0 Å². The van der Waals surface area contributed by atoms with Gasteiger partial charge in [0.05, 0.1) is 0 Å². The zero-order valence-electron chi connectivity index (χ0n) is 9.40. The third-order valence-electron chi connectivity index (χ3n) is 3.01. The zero-order valence-corrected chi connectivity index (χ0v) is 9.40. The molecule has 1 rings (SSSR count). The SMILES string of the molecule is CCCCN(C)CC1(CNC)CC1. The molecule has 1 saturated carbocycles. The first-order valence-electron chi connectivity index (χ1n) is 5.55. The van der Waals surface area contributed by atoms with Crippen LogP contribution in [-0.2, 0) is 0 Å². The van der Waals surface area contributed by atoms with Crippen LogP contribution >= 0.6 is 0 Å². The summed E-state index contributed by atoms with van der Waals surface area (Å²) in [5.74, 6) is 0. The topological polar surface area (TPSA) is 15.3 Å². The number of rotatable bonds is 7. The molecule has 0 spiro atoms. The van der Waals surface area contributed by atoms with Crippen molar-refractivity contribution in [3.05, 3.63) is 0 Å². The Morgan fingerprint density at radius 2 is 2.08 bits per heavy atom. The fourth-order valence-corrected chi connectivity index (χ4v) is 2.02. The molecule has 13 heavy (non-hydrogen) atoms. The fourth-order valence-electron chi connectivity index (χ4n) is 2.02. The normalized spacial score (nSPS) is 19.4. The monoisotopic (exact) mass is 184 g/mol. The molecule has 0 heterocycles. The van der Waals surface area contributed by atoms with Crippen molar-refractivity contribution < 1.29 is 0 Å². The highest BCUT2D eigenvalue weighted by atomic mass is 15.1. The minimum atomic E-state index is 0.636. The molecule has 0 unspecified atom stereocenters. The van der Waals surface area contributed by atoms with Gasteiger partial charge in [-0.15, -0.1) is 0 Å². The predicted molar refractivity (Wildman–Crippen MR) is 58.0 cm³/mol. The molecule has 0 saturated heterocycles. The van der Waals surface area contributed by atoms with Gasteiger partial charge in [0.2, 0.25) is 0 Å². The van der Waals surface area contributed by atoms with Crippen molar-refractivity contribution in [2.24, 2.45) is 5.41 Å². The second kappa shape index (κ2) is 4.97. The van der Waals surface area contributed by atoms with Crippen LogP contribution in [0.25, 0.3) is 0 Å². The van der Waals surface area contributed by atoms with Crippen LogP contribution in [0.3, 0.4) is 0 Å². The molecule has 0 aliphatic heterocycles. The lowest BCUT2D eigenvalue weighted by atomic mass is 10.1. The van der Waals surface area contributed by atoms with Gasteiger partial charge in [-0.1, -0.05) is 13.3 Å². The maximum Gasteiger partial charge on any atom is 0.00471 e. The lowest BCUT2D eigenvalue weighted by Gasteiger charge is -2.23. The first-order chi connectivity index (χ1) is 6.22. The third kappa shape index (κ3) is 3.65. The molecule has 0 aromatic heterocycles. The van der Waals surface area contributed by atoms with Gasteiger partial charge in [0, 0.05) is 13.1 Å². The van der Waals surface area contributed by atoms with Crippen LogP contribution in [0.1, 0.15) is 32.6 Å². The van der Waals surface area contributed by atoms with E-state index in [1.54, 1.807) is 0 Å². The summed E-state index contributed by atoms with van der Waals surface area (Å²) in [4.78, 5) is 2.49. The van der Waals surface area contributed by atoms with Gasteiger partial charge in [-0.2, -0.15) is 0 Å². The molecule has 2 nitrogen and oxygen atoms in total. The molecule has 0 atom stereocenters. The fraction of sp³-hybridized carbons (Fsp3) is 1.00. The van der Waals surface area contributed by atoms with E-state index >= 15 is 0 Å². The smallest absolute Gasteiger partial charge is 0.00471 e. The second-order valence-corrected chi connectivity index (χ2v) is 4.62. The van der Waals surface area contributed by atoms with Gasteiger partial charge in [-0.05, 0) is 45.3 Å². The second-order valence-electron chi connectivity index (χ2n) is 4.62. The minimum absolute atomic E-state index is 0.636. The van der Waals surface area contributed by atoms with Crippen molar-refractivity contribution in [1.29, 1.82) is 0 Å². The Balaban J connectivity index is 2.15. The van der Waals surface area contributed by atoms with Crippen molar-refractivity contribution in [2.45, 2.75) is 32.6 Å². The molecule has 0 bridgehead atoms. The summed E-state index contributed by atoms with van der Waals surface area (Å²) in [6.45, 7) is 6.01. The number of hydrogen-bond donors (Lipinski definition) is 1. The van der Waals surface area contributed by atoms with Crippen molar-refractivity contribution in [1.82, 2.24) is 10.2 Å². The highest BCUT2D eigenvalue weighted by Gasteiger charge is 2.42. The Hall–Kier alpha value is -0.0800. The predicted octanol–water partition coefficient (Wildman–Crippen LogP) is 1.72. The van der Waals surface area contributed by atoms with E-state index in [2.05, 4.69) is 31.2 Å².